The molecule has 0 aliphatic heterocycles. The fourth-order valence-electron chi connectivity index (χ4n) is 1.13. The van der Waals surface area contributed by atoms with E-state index in [2.05, 4.69) is 9.72 Å². The van der Waals surface area contributed by atoms with Crippen molar-refractivity contribution in [1.29, 1.82) is 0 Å². The van der Waals surface area contributed by atoms with Gasteiger partial charge < -0.3 is 9.15 Å². The Bertz CT molecular complexity index is 623. The van der Waals surface area contributed by atoms with Crippen molar-refractivity contribution in [1.82, 2.24) is 9.55 Å². The summed E-state index contributed by atoms with van der Waals surface area (Å²) in [5, 5.41) is 0. The van der Waals surface area contributed by atoms with Crippen molar-refractivity contribution in [3.8, 4) is 5.88 Å². The molecule has 0 aliphatic rings. The van der Waals surface area contributed by atoms with Crippen LogP contribution in [0.3, 0.4) is 0 Å². The van der Waals surface area contributed by atoms with Gasteiger partial charge in [0.2, 0.25) is 5.88 Å². The Kier molecular flexibility index (Phi) is 4.82. The number of nitrogens with zero attached hydrogens (tertiary/aromatic N) is 1. The minimum Gasteiger partial charge on any atom is -0.437 e. The number of nitrogens with one attached hydrogen (secondary N) is 1. The van der Waals surface area contributed by atoms with E-state index in [1.165, 1.54) is 24.4 Å². The van der Waals surface area contributed by atoms with Gasteiger partial charge in [-0.05, 0) is 6.07 Å². The van der Waals surface area contributed by atoms with Crippen molar-refractivity contribution >= 4 is 6.29 Å². The molecule has 2 rings (SSSR count). The van der Waals surface area contributed by atoms with Crippen molar-refractivity contribution in [2.75, 3.05) is 14.2 Å². The summed E-state index contributed by atoms with van der Waals surface area (Å²) in [6.07, 6.45) is 1.80. The molecule has 1 N–H and O–H groups in total. The summed E-state index contributed by atoms with van der Waals surface area (Å²) in [6, 6.07) is 4.08. The van der Waals surface area contributed by atoms with Crippen LogP contribution in [0, 0.1) is 0 Å². The maximum atomic E-state index is 11.3. The predicted octanol–water partition coefficient (Wildman–Crippen LogP) is 0.194. The van der Waals surface area contributed by atoms with Crippen LogP contribution < -0.4 is 11.2 Å². The first-order chi connectivity index (χ1) is 8.62. The topological polar surface area (TPSA) is 94.3 Å². The number of aromatic amines is 1. The van der Waals surface area contributed by atoms with Gasteiger partial charge in [0.1, 0.15) is 0 Å². The van der Waals surface area contributed by atoms with Gasteiger partial charge in [-0.3, -0.25) is 14.6 Å². The maximum absolute atomic E-state index is 11.3. The Balaban J connectivity index is 0.000000492. The van der Waals surface area contributed by atoms with Crippen LogP contribution in [0.15, 0.2) is 38.4 Å². The van der Waals surface area contributed by atoms with E-state index < -0.39 is 11.2 Å². The zero-order valence-corrected chi connectivity index (χ0v) is 9.88. The molecule has 0 saturated carbocycles. The van der Waals surface area contributed by atoms with E-state index in [0.717, 1.165) is 4.57 Å². The second-order valence-electron chi connectivity index (χ2n) is 3.18. The van der Waals surface area contributed by atoms with Crippen LogP contribution in [0.2, 0.25) is 0 Å². The lowest BCUT2D eigenvalue weighted by molar-refractivity contribution is 0.110. The fourth-order valence-corrected chi connectivity index (χ4v) is 1.13. The summed E-state index contributed by atoms with van der Waals surface area (Å²) in [7, 11) is 3.25. The normalized spacial score (nSPS) is 9.44. The molecule has 96 valence electrons. The molecule has 2 heterocycles. The molecule has 0 radical (unpaired) electrons. The van der Waals surface area contributed by atoms with E-state index in [4.69, 9.17) is 4.42 Å². The maximum Gasteiger partial charge on any atom is 0.335 e. The molecular formula is C11H12N2O5. The standard InChI is InChI=1S/C9H6N2O4.C2H6O/c12-5-6-1-2-8(15-6)11-4-3-7(13)10-9(11)14;1-3-2/h1-5H,(H,10,13,14);1-2H3. The quantitative estimate of drug-likeness (QED) is 0.770. The van der Waals surface area contributed by atoms with E-state index >= 15 is 0 Å². The molecular weight excluding hydrogens is 240 g/mol. The highest BCUT2D eigenvalue weighted by Gasteiger charge is 2.04. The highest BCUT2D eigenvalue weighted by atomic mass is 16.4. The van der Waals surface area contributed by atoms with Crippen molar-refractivity contribution < 1.29 is 13.9 Å². The molecule has 0 unspecified atom stereocenters. The number of hydrogen-bond acceptors (Lipinski definition) is 5. The molecule has 0 bridgehead atoms. The van der Waals surface area contributed by atoms with Crippen molar-refractivity contribution in [2.45, 2.75) is 0 Å². The summed E-state index contributed by atoms with van der Waals surface area (Å²) in [5.41, 5.74) is -1.10. The lowest BCUT2D eigenvalue weighted by atomic mass is 10.5. The van der Waals surface area contributed by atoms with E-state index in [9.17, 15) is 14.4 Å². The SMILES string of the molecule is COC.O=Cc1ccc(-n2ccc(=O)[nH]c2=O)o1. The van der Waals surface area contributed by atoms with Crippen molar-refractivity contribution in [3.05, 3.63) is 51.0 Å². The average molecular weight is 252 g/mol. The Hall–Kier alpha value is -2.41. The Labute approximate surface area is 102 Å². The monoisotopic (exact) mass is 252 g/mol. The van der Waals surface area contributed by atoms with E-state index in [1.807, 2.05) is 0 Å². The van der Waals surface area contributed by atoms with Gasteiger partial charge in [-0.25, -0.2) is 9.36 Å². The molecule has 18 heavy (non-hydrogen) atoms. The number of methoxy groups -OCH3 is 1. The van der Waals surface area contributed by atoms with Gasteiger partial charge in [0, 0.05) is 32.5 Å². The molecule has 0 aromatic carbocycles. The van der Waals surface area contributed by atoms with Gasteiger partial charge in [-0.2, -0.15) is 0 Å². The molecule has 2 aromatic rings. The molecule has 2 aromatic heterocycles. The van der Waals surface area contributed by atoms with Crippen LogP contribution in [0.4, 0.5) is 0 Å². The summed E-state index contributed by atoms with van der Waals surface area (Å²) in [4.78, 5) is 34.5. The molecule has 0 aliphatic carbocycles. The van der Waals surface area contributed by atoms with Crippen LogP contribution in [-0.2, 0) is 4.74 Å². The first-order valence-corrected chi connectivity index (χ1v) is 4.90. The van der Waals surface area contributed by atoms with Crippen molar-refractivity contribution in [3.63, 3.8) is 0 Å². The van der Waals surface area contributed by atoms with Gasteiger partial charge in [0.15, 0.2) is 12.0 Å². The number of H-pyrrole nitrogens is 1. The third-order valence-electron chi connectivity index (χ3n) is 1.79. The summed E-state index contributed by atoms with van der Waals surface area (Å²) >= 11 is 0. The van der Waals surface area contributed by atoms with E-state index in [1.54, 1.807) is 14.2 Å². The number of hydrogen-bond donors (Lipinski definition) is 1. The Morgan fingerprint density at radius 1 is 1.28 bits per heavy atom. The van der Waals surface area contributed by atoms with E-state index in [-0.39, 0.29) is 11.6 Å². The lowest BCUT2D eigenvalue weighted by Gasteiger charge is -1.97. The molecule has 0 spiro atoms. The second kappa shape index (κ2) is 6.36. The van der Waals surface area contributed by atoms with Gasteiger partial charge in [0.25, 0.3) is 5.56 Å². The zero-order valence-electron chi connectivity index (χ0n) is 9.88. The number of ether oxygens (including phenoxy) is 1. The Morgan fingerprint density at radius 2 is 1.94 bits per heavy atom. The van der Waals surface area contributed by atoms with Crippen LogP contribution >= 0.6 is 0 Å². The molecule has 0 fully saturated rings. The highest BCUT2D eigenvalue weighted by molar-refractivity contribution is 5.70. The molecule has 0 amide bonds. The summed E-state index contributed by atoms with van der Waals surface area (Å²) < 4.78 is 10.4. The van der Waals surface area contributed by atoms with Crippen LogP contribution in [0.5, 0.6) is 0 Å². The molecule has 0 atom stereocenters. The first kappa shape index (κ1) is 13.7. The average Bonchev–Trinajstić information content (AvgIpc) is 2.78. The summed E-state index contributed by atoms with van der Waals surface area (Å²) in [6.45, 7) is 0. The first-order valence-electron chi connectivity index (χ1n) is 4.90. The third-order valence-corrected chi connectivity index (χ3v) is 1.79. The van der Waals surface area contributed by atoms with Gasteiger partial charge in [0.05, 0.1) is 0 Å². The fraction of sp³-hybridized carbons (Fsp3) is 0.182. The molecule has 7 heteroatoms. The number of aldehydes is 1. The van der Waals surface area contributed by atoms with Gasteiger partial charge in [-0.1, -0.05) is 0 Å². The number of carbonyl (C=O) groups excluding carboxylic acids is 1. The largest absolute Gasteiger partial charge is 0.437 e. The minimum atomic E-state index is -0.616. The van der Waals surface area contributed by atoms with Crippen LogP contribution in [-0.4, -0.2) is 30.1 Å². The lowest BCUT2D eigenvalue weighted by Crippen LogP contribution is -2.27. The van der Waals surface area contributed by atoms with Gasteiger partial charge in [-0.15, -0.1) is 0 Å². The van der Waals surface area contributed by atoms with Gasteiger partial charge >= 0.3 is 5.69 Å². The predicted molar refractivity (Wildman–Crippen MR) is 63.2 cm³/mol. The minimum absolute atomic E-state index is 0.114. The zero-order chi connectivity index (χ0) is 13.5. The van der Waals surface area contributed by atoms with E-state index in [0.29, 0.717) is 6.29 Å². The van der Waals surface area contributed by atoms with Crippen LogP contribution in [0.25, 0.3) is 5.88 Å². The number of carbonyl (C=O) groups is 1. The molecule has 0 saturated heterocycles. The highest BCUT2D eigenvalue weighted by Crippen LogP contribution is 2.08. The molecule has 7 nitrogen and oxygen atoms in total. The third kappa shape index (κ3) is 3.29. The van der Waals surface area contributed by atoms with Crippen LogP contribution in [0.1, 0.15) is 10.6 Å². The second-order valence-corrected chi connectivity index (χ2v) is 3.18. The number of aromatic nitrogens is 2. The number of rotatable bonds is 2. The smallest absolute Gasteiger partial charge is 0.335 e. The van der Waals surface area contributed by atoms with Crippen molar-refractivity contribution in [2.24, 2.45) is 0 Å². The summed E-state index contributed by atoms with van der Waals surface area (Å²) in [5.74, 6) is 0.293. The number of furan rings is 1. The Morgan fingerprint density at radius 3 is 2.44 bits per heavy atom.